The molecule has 5 heteroatoms. The van der Waals surface area contributed by atoms with Crippen molar-refractivity contribution in [3.63, 3.8) is 0 Å². The summed E-state index contributed by atoms with van der Waals surface area (Å²) in [5.41, 5.74) is 1.22. The molecule has 0 radical (unpaired) electrons. The van der Waals surface area contributed by atoms with Crippen molar-refractivity contribution in [2.45, 2.75) is 19.9 Å². The van der Waals surface area contributed by atoms with Crippen molar-refractivity contribution in [2.75, 3.05) is 5.32 Å². The van der Waals surface area contributed by atoms with Gasteiger partial charge in [-0.25, -0.2) is 0 Å². The summed E-state index contributed by atoms with van der Waals surface area (Å²) >= 11 is 11.1. The van der Waals surface area contributed by atoms with E-state index >= 15 is 0 Å². The number of halogens is 1. The number of thiocarbonyl (C=S) groups is 1. The first kappa shape index (κ1) is 12.8. The molecule has 0 aromatic heterocycles. The van der Waals surface area contributed by atoms with Gasteiger partial charge in [-0.05, 0) is 44.3 Å². The Bertz CT molecular complexity index is 437. The molecule has 2 N–H and O–H groups in total. The number of hydrogen-bond donors (Lipinski definition) is 2. The Morgan fingerprint density at radius 2 is 2.19 bits per heavy atom. The van der Waals surface area contributed by atoms with E-state index in [0.29, 0.717) is 21.4 Å². The normalized spacial score (nSPS) is 9.69. The van der Waals surface area contributed by atoms with Gasteiger partial charge < -0.3 is 10.6 Å². The topological polar surface area (TPSA) is 47.8 Å². The van der Waals surface area contributed by atoms with E-state index in [1.54, 1.807) is 18.2 Å². The molecule has 0 saturated heterocycles. The van der Waals surface area contributed by atoms with Gasteiger partial charge in [0.25, 0.3) is 0 Å². The van der Waals surface area contributed by atoms with Crippen molar-refractivity contribution >= 4 is 34.6 Å². The highest BCUT2D eigenvalue weighted by Gasteiger charge is 2.04. The minimum atomic E-state index is 0.261. The number of nitriles is 1. The maximum Gasteiger partial charge on any atom is 0.171 e. The first-order chi connectivity index (χ1) is 7.52. The number of nitrogens with zero attached hydrogens (tertiary/aromatic N) is 1. The quantitative estimate of drug-likeness (QED) is 0.796. The minimum Gasteiger partial charge on any atom is -0.360 e. The predicted molar refractivity (Wildman–Crippen MR) is 70.7 cm³/mol. The van der Waals surface area contributed by atoms with Gasteiger partial charge in [-0.15, -0.1) is 0 Å². The fourth-order valence-corrected chi connectivity index (χ4v) is 1.68. The van der Waals surface area contributed by atoms with Gasteiger partial charge >= 0.3 is 0 Å². The molecular formula is C11H12ClN3S. The van der Waals surface area contributed by atoms with Crippen LogP contribution < -0.4 is 10.6 Å². The molecule has 0 fully saturated rings. The number of nitrogens with one attached hydrogen (secondary N) is 2. The first-order valence-corrected chi connectivity index (χ1v) is 5.58. The summed E-state index contributed by atoms with van der Waals surface area (Å²) in [5, 5.41) is 15.7. The Labute approximate surface area is 105 Å². The lowest BCUT2D eigenvalue weighted by Crippen LogP contribution is -2.33. The number of hydrogen-bond acceptors (Lipinski definition) is 2. The average molecular weight is 254 g/mol. The highest BCUT2D eigenvalue weighted by Crippen LogP contribution is 2.22. The second-order valence-electron chi connectivity index (χ2n) is 3.56. The van der Waals surface area contributed by atoms with Crippen LogP contribution in [0.4, 0.5) is 5.69 Å². The Morgan fingerprint density at radius 1 is 1.50 bits per heavy atom. The molecule has 0 aliphatic carbocycles. The van der Waals surface area contributed by atoms with Gasteiger partial charge in [0.2, 0.25) is 0 Å². The van der Waals surface area contributed by atoms with Crippen LogP contribution in [0.3, 0.4) is 0 Å². The summed E-state index contributed by atoms with van der Waals surface area (Å²) in [6.45, 7) is 3.99. The van der Waals surface area contributed by atoms with Gasteiger partial charge in [-0.3, -0.25) is 0 Å². The van der Waals surface area contributed by atoms with Crippen molar-refractivity contribution < 1.29 is 0 Å². The van der Waals surface area contributed by atoms with Gasteiger partial charge in [0.1, 0.15) is 0 Å². The molecule has 0 aliphatic heterocycles. The van der Waals surface area contributed by atoms with Gasteiger partial charge in [-0.1, -0.05) is 11.6 Å². The highest BCUT2D eigenvalue weighted by molar-refractivity contribution is 7.80. The second-order valence-corrected chi connectivity index (χ2v) is 4.38. The fraction of sp³-hybridized carbons (Fsp3) is 0.273. The lowest BCUT2D eigenvalue weighted by molar-refractivity contribution is 0.739. The molecule has 0 atom stereocenters. The molecule has 1 aromatic rings. The van der Waals surface area contributed by atoms with E-state index in [0.717, 1.165) is 0 Å². The van der Waals surface area contributed by atoms with Crippen LogP contribution in [0.1, 0.15) is 19.4 Å². The molecule has 1 rings (SSSR count). The number of rotatable bonds is 2. The second kappa shape index (κ2) is 5.69. The van der Waals surface area contributed by atoms with Crippen LogP contribution in [-0.2, 0) is 0 Å². The molecule has 0 saturated carbocycles. The van der Waals surface area contributed by atoms with Crippen molar-refractivity contribution in [2.24, 2.45) is 0 Å². The standard InChI is InChI=1S/C11H12ClN3S/c1-7(2)14-11(16)15-10-4-3-8(6-13)5-9(10)12/h3-5,7H,1-2H3,(H2,14,15,16). The van der Waals surface area contributed by atoms with Gasteiger partial charge in [0.05, 0.1) is 22.3 Å². The van der Waals surface area contributed by atoms with E-state index in [1.165, 1.54) is 0 Å². The van der Waals surface area contributed by atoms with Gasteiger partial charge in [-0.2, -0.15) is 5.26 Å². The van der Waals surface area contributed by atoms with Crippen LogP contribution in [-0.4, -0.2) is 11.2 Å². The predicted octanol–water partition coefficient (Wildman–Crippen LogP) is 2.91. The van der Waals surface area contributed by atoms with Crippen molar-refractivity contribution in [3.05, 3.63) is 28.8 Å². The lowest BCUT2D eigenvalue weighted by Gasteiger charge is -2.13. The molecule has 0 heterocycles. The van der Waals surface area contributed by atoms with E-state index in [-0.39, 0.29) is 6.04 Å². The summed E-state index contributed by atoms with van der Waals surface area (Å²) in [7, 11) is 0. The third-order valence-corrected chi connectivity index (χ3v) is 2.30. The van der Waals surface area contributed by atoms with Crippen molar-refractivity contribution in [1.82, 2.24) is 5.32 Å². The first-order valence-electron chi connectivity index (χ1n) is 4.80. The molecule has 0 bridgehead atoms. The molecule has 0 unspecified atom stereocenters. The zero-order valence-electron chi connectivity index (χ0n) is 9.04. The average Bonchev–Trinajstić information content (AvgIpc) is 2.19. The van der Waals surface area contributed by atoms with E-state index in [4.69, 9.17) is 29.1 Å². The zero-order chi connectivity index (χ0) is 12.1. The van der Waals surface area contributed by atoms with Crippen molar-refractivity contribution in [3.8, 4) is 6.07 Å². The summed E-state index contributed by atoms with van der Waals surface area (Å²) in [6.07, 6.45) is 0. The van der Waals surface area contributed by atoms with E-state index in [9.17, 15) is 0 Å². The van der Waals surface area contributed by atoms with Crippen LogP contribution in [0.25, 0.3) is 0 Å². The Hall–Kier alpha value is -1.31. The van der Waals surface area contributed by atoms with Crippen LogP contribution >= 0.6 is 23.8 Å². The zero-order valence-corrected chi connectivity index (χ0v) is 10.6. The Morgan fingerprint density at radius 3 is 2.69 bits per heavy atom. The maximum absolute atomic E-state index is 8.69. The summed E-state index contributed by atoms with van der Waals surface area (Å²) in [6, 6.07) is 7.30. The number of benzene rings is 1. The molecule has 0 spiro atoms. The van der Waals surface area contributed by atoms with Crippen LogP contribution in [0.5, 0.6) is 0 Å². The molecule has 1 aromatic carbocycles. The summed E-state index contributed by atoms with van der Waals surface area (Å²) in [4.78, 5) is 0. The van der Waals surface area contributed by atoms with Crippen molar-refractivity contribution in [1.29, 1.82) is 5.26 Å². The Kier molecular flexibility index (Phi) is 4.53. The molecule has 0 amide bonds. The Balaban J connectivity index is 2.75. The maximum atomic E-state index is 8.69. The molecular weight excluding hydrogens is 242 g/mol. The summed E-state index contributed by atoms with van der Waals surface area (Å²) < 4.78 is 0. The van der Waals surface area contributed by atoms with Crippen LogP contribution in [0.2, 0.25) is 5.02 Å². The monoisotopic (exact) mass is 253 g/mol. The molecule has 3 nitrogen and oxygen atoms in total. The van der Waals surface area contributed by atoms with Gasteiger partial charge in [0, 0.05) is 6.04 Å². The van der Waals surface area contributed by atoms with E-state index in [2.05, 4.69) is 10.6 Å². The molecule has 84 valence electrons. The lowest BCUT2D eigenvalue weighted by atomic mass is 10.2. The smallest absolute Gasteiger partial charge is 0.171 e. The van der Waals surface area contributed by atoms with Gasteiger partial charge in [0.15, 0.2) is 5.11 Å². The summed E-state index contributed by atoms with van der Waals surface area (Å²) in [5.74, 6) is 0. The molecule has 0 aliphatic rings. The SMILES string of the molecule is CC(C)NC(=S)Nc1ccc(C#N)cc1Cl. The third-order valence-electron chi connectivity index (χ3n) is 1.77. The number of anilines is 1. The minimum absolute atomic E-state index is 0.261. The van der Waals surface area contributed by atoms with E-state index < -0.39 is 0 Å². The largest absolute Gasteiger partial charge is 0.360 e. The highest BCUT2D eigenvalue weighted by atomic mass is 35.5. The third kappa shape index (κ3) is 3.69. The van der Waals surface area contributed by atoms with Crippen LogP contribution in [0, 0.1) is 11.3 Å². The van der Waals surface area contributed by atoms with Crippen LogP contribution in [0.15, 0.2) is 18.2 Å². The van der Waals surface area contributed by atoms with E-state index in [1.807, 2.05) is 19.9 Å². The molecule has 16 heavy (non-hydrogen) atoms. The fourth-order valence-electron chi connectivity index (χ4n) is 1.11.